The number of benzene rings is 1. The molecule has 1 nitrogen and oxygen atoms in total. The Morgan fingerprint density at radius 2 is 2.00 bits per heavy atom. The first-order valence-electron chi connectivity index (χ1n) is 4.67. The average Bonchev–Trinajstić information content (AvgIpc) is 2.19. The maximum absolute atomic E-state index is 8.62. The molecule has 0 aromatic heterocycles. The largest absolute Gasteiger partial charge is 0.396 e. The van der Waals surface area contributed by atoms with Gasteiger partial charge in [0.05, 0.1) is 0 Å². The van der Waals surface area contributed by atoms with E-state index in [0.29, 0.717) is 0 Å². The zero-order chi connectivity index (χ0) is 9.52. The minimum atomic E-state index is 0.276. The molecule has 0 unspecified atom stereocenters. The quantitative estimate of drug-likeness (QED) is 0.699. The van der Waals surface area contributed by atoms with Crippen LogP contribution in [0.15, 0.2) is 36.4 Å². The van der Waals surface area contributed by atoms with E-state index in [4.69, 9.17) is 5.11 Å². The second kappa shape index (κ2) is 5.55. The van der Waals surface area contributed by atoms with Crippen LogP contribution in [0.3, 0.4) is 0 Å². The van der Waals surface area contributed by atoms with Crippen molar-refractivity contribution in [2.75, 3.05) is 6.61 Å². The summed E-state index contributed by atoms with van der Waals surface area (Å²) in [4.78, 5) is 0. The van der Waals surface area contributed by atoms with E-state index in [9.17, 15) is 0 Å². The van der Waals surface area contributed by atoms with Gasteiger partial charge in [0.15, 0.2) is 0 Å². The first-order chi connectivity index (χ1) is 6.34. The Hall–Kier alpha value is -1.08. The first kappa shape index (κ1) is 10.0. The number of allylic oxidation sites excluding steroid dienone is 2. The molecular formula is C12H16O. The van der Waals surface area contributed by atoms with E-state index < -0.39 is 0 Å². The second-order valence-electron chi connectivity index (χ2n) is 3.12. The number of rotatable bonds is 4. The van der Waals surface area contributed by atoms with Crippen LogP contribution < -0.4 is 0 Å². The molecule has 0 spiro atoms. The van der Waals surface area contributed by atoms with E-state index in [1.54, 1.807) is 0 Å². The zero-order valence-corrected chi connectivity index (χ0v) is 8.03. The van der Waals surface area contributed by atoms with Gasteiger partial charge in [-0.25, -0.2) is 0 Å². The maximum Gasteiger partial charge on any atom is 0.0433 e. The smallest absolute Gasteiger partial charge is 0.0433 e. The first-order valence-corrected chi connectivity index (χ1v) is 4.67. The monoisotopic (exact) mass is 176 g/mol. The summed E-state index contributed by atoms with van der Waals surface area (Å²) in [6, 6.07) is 10.3. The summed E-state index contributed by atoms with van der Waals surface area (Å²) in [5, 5.41) is 8.62. The van der Waals surface area contributed by atoms with Gasteiger partial charge in [-0.1, -0.05) is 36.4 Å². The van der Waals surface area contributed by atoms with Gasteiger partial charge in [0.1, 0.15) is 0 Å². The second-order valence-corrected chi connectivity index (χ2v) is 3.12. The molecule has 0 aliphatic rings. The Bertz CT molecular complexity index is 262. The third-order valence-electron chi connectivity index (χ3n) is 2.04. The summed E-state index contributed by atoms with van der Waals surface area (Å²) in [7, 11) is 0. The minimum Gasteiger partial charge on any atom is -0.396 e. The van der Waals surface area contributed by atoms with Crippen molar-refractivity contribution >= 4 is 5.57 Å². The van der Waals surface area contributed by atoms with E-state index in [-0.39, 0.29) is 6.61 Å². The molecule has 0 bridgehead atoms. The molecule has 0 atom stereocenters. The fraction of sp³-hybridized carbons (Fsp3) is 0.333. The SMILES string of the molecule is C/C(=C\CCCO)c1ccccc1. The highest BCUT2D eigenvalue weighted by atomic mass is 16.2. The summed E-state index contributed by atoms with van der Waals surface area (Å²) in [5.74, 6) is 0. The van der Waals surface area contributed by atoms with Crippen molar-refractivity contribution in [2.24, 2.45) is 0 Å². The molecule has 0 saturated heterocycles. The molecular weight excluding hydrogens is 160 g/mol. The molecule has 0 fully saturated rings. The number of aliphatic hydroxyl groups excluding tert-OH is 1. The fourth-order valence-electron chi connectivity index (χ4n) is 1.23. The average molecular weight is 176 g/mol. The third-order valence-corrected chi connectivity index (χ3v) is 2.04. The fourth-order valence-corrected chi connectivity index (χ4v) is 1.23. The lowest BCUT2D eigenvalue weighted by atomic mass is 10.1. The Labute approximate surface area is 79.7 Å². The zero-order valence-electron chi connectivity index (χ0n) is 8.03. The van der Waals surface area contributed by atoms with Gasteiger partial charge in [0.25, 0.3) is 0 Å². The van der Waals surface area contributed by atoms with Crippen molar-refractivity contribution in [3.63, 3.8) is 0 Å². The Kier molecular flexibility index (Phi) is 4.27. The number of aliphatic hydroxyl groups is 1. The van der Waals surface area contributed by atoms with Gasteiger partial charge in [-0.15, -0.1) is 0 Å². The summed E-state index contributed by atoms with van der Waals surface area (Å²) >= 11 is 0. The lowest BCUT2D eigenvalue weighted by Crippen LogP contribution is -1.82. The van der Waals surface area contributed by atoms with Crippen molar-refractivity contribution in [1.82, 2.24) is 0 Å². The molecule has 1 heteroatoms. The van der Waals surface area contributed by atoms with Gasteiger partial charge in [-0.05, 0) is 30.9 Å². The predicted octanol–water partition coefficient (Wildman–Crippen LogP) is 2.86. The molecule has 1 aromatic carbocycles. The molecule has 1 aromatic rings. The Balaban J connectivity index is 2.57. The van der Waals surface area contributed by atoms with Crippen molar-refractivity contribution in [3.05, 3.63) is 42.0 Å². The molecule has 0 saturated carbocycles. The molecule has 13 heavy (non-hydrogen) atoms. The molecule has 0 aliphatic carbocycles. The highest BCUT2D eigenvalue weighted by Crippen LogP contribution is 2.13. The van der Waals surface area contributed by atoms with Crippen molar-refractivity contribution in [3.8, 4) is 0 Å². The molecule has 0 radical (unpaired) electrons. The third kappa shape index (κ3) is 3.43. The molecule has 0 heterocycles. The molecule has 1 N–H and O–H groups in total. The van der Waals surface area contributed by atoms with Gasteiger partial charge < -0.3 is 5.11 Å². The standard InChI is InChI=1S/C12H16O/c1-11(7-5-6-10-13)12-8-3-2-4-9-12/h2-4,7-9,13H,5-6,10H2,1H3/b11-7+. The topological polar surface area (TPSA) is 20.2 Å². The van der Waals surface area contributed by atoms with Crippen LogP contribution in [0.5, 0.6) is 0 Å². The van der Waals surface area contributed by atoms with Crippen molar-refractivity contribution in [2.45, 2.75) is 19.8 Å². The van der Waals surface area contributed by atoms with E-state index in [2.05, 4.69) is 25.1 Å². The van der Waals surface area contributed by atoms with Crippen LogP contribution in [0.4, 0.5) is 0 Å². The Morgan fingerprint density at radius 1 is 1.31 bits per heavy atom. The summed E-state index contributed by atoms with van der Waals surface area (Å²) in [5.41, 5.74) is 2.55. The summed E-state index contributed by atoms with van der Waals surface area (Å²) in [6.45, 7) is 2.38. The normalized spacial score (nSPS) is 11.7. The van der Waals surface area contributed by atoms with Gasteiger partial charge in [0.2, 0.25) is 0 Å². The number of unbranched alkanes of at least 4 members (excludes halogenated alkanes) is 1. The summed E-state index contributed by atoms with van der Waals surface area (Å²) < 4.78 is 0. The van der Waals surface area contributed by atoms with Crippen LogP contribution in [-0.2, 0) is 0 Å². The Morgan fingerprint density at radius 3 is 2.62 bits per heavy atom. The predicted molar refractivity (Wildman–Crippen MR) is 56.4 cm³/mol. The van der Waals surface area contributed by atoms with Crippen LogP contribution in [0.1, 0.15) is 25.3 Å². The van der Waals surface area contributed by atoms with Crippen LogP contribution in [-0.4, -0.2) is 11.7 Å². The summed E-state index contributed by atoms with van der Waals surface area (Å²) in [6.07, 6.45) is 3.98. The number of hydrogen-bond donors (Lipinski definition) is 1. The highest BCUT2D eigenvalue weighted by molar-refractivity contribution is 5.63. The van der Waals surface area contributed by atoms with E-state index >= 15 is 0 Å². The van der Waals surface area contributed by atoms with Gasteiger partial charge in [-0.3, -0.25) is 0 Å². The molecule has 0 amide bonds. The molecule has 0 aliphatic heterocycles. The van der Waals surface area contributed by atoms with Crippen LogP contribution in [0.2, 0.25) is 0 Å². The van der Waals surface area contributed by atoms with Crippen LogP contribution in [0.25, 0.3) is 5.57 Å². The number of hydrogen-bond acceptors (Lipinski definition) is 1. The van der Waals surface area contributed by atoms with E-state index in [1.165, 1.54) is 11.1 Å². The lowest BCUT2D eigenvalue weighted by molar-refractivity contribution is 0.289. The lowest BCUT2D eigenvalue weighted by Gasteiger charge is -2.00. The van der Waals surface area contributed by atoms with E-state index in [1.807, 2.05) is 18.2 Å². The van der Waals surface area contributed by atoms with Crippen LogP contribution in [0, 0.1) is 0 Å². The van der Waals surface area contributed by atoms with Gasteiger partial charge >= 0.3 is 0 Å². The highest BCUT2D eigenvalue weighted by Gasteiger charge is 1.92. The van der Waals surface area contributed by atoms with Crippen LogP contribution >= 0.6 is 0 Å². The van der Waals surface area contributed by atoms with Crippen molar-refractivity contribution < 1.29 is 5.11 Å². The molecule has 1 rings (SSSR count). The van der Waals surface area contributed by atoms with Gasteiger partial charge in [-0.2, -0.15) is 0 Å². The minimum absolute atomic E-state index is 0.276. The van der Waals surface area contributed by atoms with Gasteiger partial charge in [0, 0.05) is 6.61 Å². The van der Waals surface area contributed by atoms with E-state index in [0.717, 1.165) is 12.8 Å². The maximum atomic E-state index is 8.62. The molecule has 70 valence electrons. The van der Waals surface area contributed by atoms with Crippen molar-refractivity contribution in [1.29, 1.82) is 0 Å².